The van der Waals surface area contributed by atoms with E-state index in [1.807, 2.05) is 4.90 Å². The van der Waals surface area contributed by atoms with Crippen LogP contribution in [0.4, 0.5) is 19.2 Å². The molecule has 5 heterocycles. The summed E-state index contributed by atoms with van der Waals surface area (Å²) < 4.78 is 49.1. The summed E-state index contributed by atoms with van der Waals surface area (Å²) in [6.45, 7) is 7.90. The lowest BCUT2D eigenvalue weighted by molar-refractivity contribution is -0.274. The van der Waals surface area contributed by atoms with Gasteiger partial charge in [-0.25, -0.2) is 4.98 Å². The summed E-state index contributed by atoms with van der Waals surface area (Å²) in [5.74, 6) is -0.376. The third-order valence-corrected chi connectivity index (χ3v) is 6.87. The number of fused-ring (bicyclic) bond motifs is 3. The van der Waals surface area contributed by atoms with E-state index in [4.69, 9.17) is 4.42 Å². The second kappa shape index (κ2) is 6.34. The Labute approximate surface area is 175 Å². The van der Waals surface area contributed by atoms with Gasteiger partial charge in [0.1, 0.15) is 5.01 Å². The molecule has 0 amide bonds. The van der Waals surface area contributed by atoms with Gasteiger partial charge in [-0.3, -0.25) is 0 Å². The Morgan fingerprint density at radius 1 is 1.30 bits per heavy atom. The molecule has 10 heteroatoms. The summed E-state index contributed by atoms with van der Waals surface area (Å²) in [6, 6.07) is 3.41. The van der Waals surface area contributed by atoms with Crippen LogP contribution in [0.1, 0.15) is 27.2 Å². The molecule has 0 saturated carbocycles. The fraction of sp³-hybridized carbons (Fsp3) is 0.500. The smallest absolute Gasteiger partial charge is 0.422 e. The molecule has 3 aliphatic heterocycles. The normalized spacial score (nSPS) is 24.2. The lowest BCUT2D eigenvalue weighted by Crippen LogP contribution is -2.80. The van der Waals surface area contributed by atoms with E-state index in [0.29, 0.717) is 35.7 Å². The first-order valence-corrected chi connectivity index (χ1v) is 10.5. The molecule has 6 nitrogen and oxygen atoms in total. The van der Waals surface area contributed by atoms with E-state index < -0.39 is 6.36 Å². The lowest BCUT2D eigenvalue weighted by atomic mass is 9.62. The van der Waals surface area contributed by atoms with Crippen LogP contribution in [-0.4, -0.2) is 41.0 Å². The molecule has 6 rings (SSSR count). The Hall–Kier alpha value is -2.33. The highest BCUT2D eigenvalue weighted by molar-refractivity contribution is 7.13. The molecular weight excluding hydrogens is 417 g/mol. The molecular formula is C20H21F3N4O2S. The number of aromatic nitrogens is 2. The highest BCUT2D eigenvalue weighted by Gasteiger charge is 2.56. The van der Waals surface area contributed by atoms with Gasteiger partial charge >= 0.3 is 6.36 Å². The van der Waals surface area contributed by atoms with Crippen molar-refractivity contribution in [3.63, 3.8) is 0 Å². The predicted molar refractivity (Wildman–Crippen MR) is 108 cm³/mol. The molecule has 160 valence electrons. The van der Waals surface area contributed by atoms with Crippen molar-refractivity contribution in [2.45, 2.75) is 45.1 Å². The van der Waals surface area contributed by atoms with Crippen molar-refractivity contribution < 1.29 is 22.3 Å². The number of oxazole rings is 1. The molecule has 1 aromatic carbocycles. The molecule has 2 aromatic heterocycles. The van der Waals surface area contributed by atoms with E-state index in [-0.39, 0.29) is 27.8 Å². The van der Waals surface area contributed by atoms with Gasteiger partial charge < -0.3 is 19.4 Å². The summed E-state index contributed by atoms with van der Waals surface area (Å²) >= 11 is 1.38. The van der Waals surface area contributed by atoms with Gasteiger partial charge in [0.2, 0.25) is 0 Å². The molecule has 0 spiro atoms. The van der Waals surface area contributed by atoms with Crippen LogP contribution in [0.25, 0.3) is 21.7 Å². The highest BCUT2D eigenvalue weighted by atomic mass is 32.1. The van der Waals surface area contributed by atoms with Crippen molar-refractivity contribution in [3.8, 4) is 16.3 Å². The molecule has 0 radical (unpaired) electrons. The summed E-state index contributed by atoms with van der Waals surface area (Å²) in [5, 5.41) is 6.10. The van der Waals surface area contributed by atoms with E-state index in [1.165, 1.54) is 23.5 Å². The number of alkyl halides is 3. The molecule has 3 fully saturated rings. The molecule has 2 atom stereocenters. The number of piperazine rings is 1. The van der Waals surface area contributed by atoms with Crippen LogP contribution < -0.4 is 15.0 Å². The zero-order valence-electron chi connectivity index (χ0n) is 16.7. The van der Waals surface area contributed by atoms with E-state index >= 15 is 0 Å². The predicted octanol–water partition coefficient (Wildman–Crippen LogP) is 4.82. The third-order valence-electron chi connectivity index (χ3n) is 6.07. The summed E-state index contributed by atoms with van der Waals surface area (Å²) in [7, 11) is 0. The van der Waals surface area contributed by atoms with Crippen LogP contribution in [0.15, 0.2) is 28.1 Å². The molecule has 2 bridgehead atoms. The van der Waals surface area contributed by atoms with Crippen LogP contribution in [0.2, 0.25) is 0 Å². The van der Waals surface area contributed by atoms with Crippen molar-refractivity contribution in [1.29, 1.82) is 0 Å². The number of anilines is 1. The second-order valence-corrected chi connectivity index (χ2v) is 9.82. The first kappa shape index (κ1) is 19.6. The molecule has 1 N–H and O–H groups in total. The van der Waals surface area contributed by atoms with Gasteiger partial charge in [-0.2, -0.15) is 4.98 Å². The monoisotopic (exact) mass is 438 g/mol. The fourth-order valence-electron chi connectivity index (χ4n) is 4.41. The van der Waals surface area contributed by atoms with Crippen LogP contribution in [0.5, 0.6) is 5.75 Å². The zero-order chi connectivity index (χ0) is 21.3. The average Bonchev–Trinajstić information content (AvgIpc) is 3.29. The third kappa shape index (κ3) is 3.13. The summed E-state index contributed by atoms with van der Waals surface area (Å²) in [5.41, 5.74) is 0.829. The second-order valence-electron chi connectivity index (χ2n) is 8.93. The standard InChI is InChI=1S/C20H21F3N4O2S/c1-18(2,3)19-8-11(26-19)9-27(10-19)17-25-14-13(29-20(21,22)23)5-4-12(15(14)28-17)16-24-6-7-30-16/h4-7,11,26H,8-10H2,1-3H3. The van der Waals surface area contributed by atoms with Gasteiger partial charge in [0.15, 0.2) is 16.8 Å². The van der Waals surface area contributed by atoms with Crippen molar-refractivity contribution in [1.82, 2.24) is 15.3 Å². The Morgan fingerprint density at radius 3 is 2.70 bits per heavy atom. The molecule has 3 aliphatic rings. The number of ether oxygens (including phenoxy) is 1. The Bertz CT molecular complexity index is 1080. The number of rotatable bonds is 3. The number of nitrogens with zero attached hydrogens (tertiary/aromatic N) is 3. The average molecular weight is 438 g/mol. The number of piperidine rings is 1. The van der Waals surface area contributed by atoms with Gasteiger partial charge in [0.25, 0.3) is 6.01 Å². The van der Waals surface area contributed by atoms with Crippen molar-refractivity contribution in [2.24, 2.45) is 5.41 Å². The van der Waals surface area contributed by atoms with Gasteiger partial charge in [-0.1, -0.05) is 20.8 Å². The first-order chi connectivity index (χ1) is 14.0. The molecule has 2 unspecified atom stereocenters. The molecule has 3 aromatic rings. The van der Waals surface area contributed by atoms with E-state index in [2.05, 4.69) is 40.8 Å². The van der Waals surface area contributed by atoms with Gasteiger partial charge in [-0.15, -0.1) is 24.5 Å². The van der Waals surface area contributed by atoms with E-state index in [1.54, 1.807) is 11.6 Å². The fourth-order valence-corrected chi connectivity index (χ4v) is 5.07. The quantitative estimate of drug-likeness (QED) is 0.633. The molecule has 3 saturated heterocycles. The SMILES string of the molecule is CC(C)(C)C12CC(CN(c3nc4c(OC(F)(F)F)ccc(-c5nccs5)c4o3)C1)N2. The lowest BCUT2D eigenvalue weighted by Gasteiger charge is -2.62. The van der Waals surface area contributed by atoms with Gasteiger partial charge in [0, 0.05) is 36.2 Å². The van der Waals surface area contributed by atoms with Crippen molar-refractivity contribution >= 4 is 28.5 Å². The summed E-state index contributed by atoms with van der Waals surface area (Å²) in [4.78, 5) is 10.7. The van der Waals surface area contributed by atoms with Crippen molar-refractivity contribution in [3.05, 3.63) is 23.7 Å². The maximum Gasteiger partial charge on any atom is 0.573 e. The number of hydrogen-bond acceptors (Lipinski definition) is 7. The Morgan fingerprint density at radius 2 is 2.07 bits per heavy atom. The van der Waals surface area contributed by atoms with Crippen LogP contribution in [-0.2, 0) is 0 Å². The number of nitrogens with one attached hydrogen (secondary N) is 1. The first-order valence-electron chi connectivity index (χ1n) is 9.66. The van der Waals surface area contributed by atoms with Crippen molar-refractivity contribution in [2.75, 3.05) is 18.0 Å². The Kier molecular flexibility index (Phi) is 4.14. The van der Waals surface area contributed by atoms with E-state index in [0.717, 1.165) is 6.42 Å². The van der Waals surface area contributed by atoms with Crippen LogP contribution in [0, 0.1) is 5.41 Å². The molecule has 30 heavy (non-hydrogen) atoms. The molecule has 0 aliphatic carbocycles. The number of benzene rings is 1. The minimum atomic E-state index is -4.82. The zero-order valence-corrected chi connectivity index (χ0v) is 17.5. The minimum Gasteiger partial charge on any atom is -0.422 e. The largest absolute Gasteiger partial charge is 0.573 e. The number of thiazole rings is 1. The Balaban J connectivity index is 1.59. The highest BCUT2D eigenvalue weighted by Crippen LogP contribution is 2.46. The maximum absolute atomic E-state index is 12.9. The van der Waals surface area contributed by atoms with Gasteiger partial charge in [0.05, 0.1) is 5.56 Å². The minimum absolute atomic E-state index is 0.0186. The van der Waals surface area contributed by atoms with Crippen LogP contribution >= 0.6 is 11.3 Å². The maximum atomic E-state index is 12.9. The van der Waals surface area contributed by atoms with Crippen LogP contribution in [0.3, 0.4) is 0 Å². The summed E-state index contributed by atoms with van der Waals surface area (Å²) in [6.07, 6.45) is -2.12. The van der Waals surface area contributed by atoms with E-state index in [9.17, 15) is 13.2 Å². The topological polar surface area (TPSA) is 63.4 Å². The number of hydrogen-bond donors (Lipinski definition) is 1. The van der Waals surface area contributed by atoms with Gasteiger partial charge in [-0.05, 0) is 24.0 Å². The number of halogens is 3.